The number of hydrazone groups is 1. The van der Waals surface area contributed by atoms with Crippen LogP contribution in [0.3, 0.4) is 0 Å². The second kappa shape index (κ2) is 8.53. The van der Waals surface area contributed by atoms with E-state index in [0.29, 0.717) is 12.4 Å². The summed E-state index contributed by atoms with van der Waals surface area (Å²) >= 11 is 0. The van der Waals surface area contributed by atoms with Crippen LogP contribution in [-0.4, -0.2) is 29.6 Å². The van der Waals surface area contributed by atoms with Crippen LogP contribution in [0.15, 0.2) is 41.8 Å². The van der Waals surface area contributed by atoms with E-state index in [0.717, 1.165) is 16.8 Å². The van der Waals surface area contributed by atoms with E-state index in [2.05, 4.69) is 54.4 Å². The number of anilines is 1. The highest BCUT2D eigenvalue weighted by Gasteiger charge is 2.36. The fourth-order valence-corrected chi connectivity index (χ4v) is 2.89. The molecule has 26 heavy (non-hydrogen) atoms. The summed E-state index contributed by atoms with van der Waals surface area (Å²) in [6.45, 7) is 11.7. The molecule has 6 nitrogen and oxygen atoms in total. The van der Waals surface area contributed by atoms with E-state index < -0.39 is 8.32 Å². The first-order valence-electron chi connectivity index (χ1n) is 8.65. The number of aromatic nitrogens is 2. The predicted octanol–water partition coefficient (Wildman–Crippen LogP) is 3.94. The van der Waals surface area contributed by atoms with Crippen molar-refractivity contribution in [1.29, 1.82) is 0 Å². The van der Waals surface area contributed by atoms with Crippen molar-refractivity contribution in [3.8, 4) is 0 Å². The van der Waals surface area contributed by atoms with Gasteiger partial charge in [-0.05, 0) is 53.5 Å². The third-order valence-corrected chi connectivity index (χ3v) is 9.11. The molecule has 0 spiro atoms. The maximum Gasteiger partial charge on any atom is 0.192 e. The van der Waals surface area contributed by atoms with Gasteiger partial charge in [0.25, 0.3) is 0 Å². The molecular formula is C19H28N4O2Si. The fourth-order valence-electron chi connectivity index (χ4n) is 1.93. The van der Waals surface area contributed by atoms with Crippen molar-refractivity contribution in [2.45, 2.75) is 52.1 Å². The summed E-state index contributed by atoms with van der Waals surface area (Å²) in [6, 6.07) is 7.43. The van der Waals surface area contributed by atoms with Gasteiger partial charge in [0.15, 0.2) is 8.32 Å². The number of aliphatic hydroxyl groups is 1. The number of nitrogens with one attached hydrogen (secondary N) is 1. The van der Waals surface area contributed by atoms with Crippen LogP contribution in [-0.2, 0) is 17.6 Å². The fraction of sp³-hybridized carbons (Fsp3) is 0.421. The highest BCUT2D eigenvalue weighted by Crippen LogP contribution is 2.37. The number of aliphatic hydroxyl groups excluding tert-OH is 1. The van der Waals surface area contributed by atoms with E-state index in [1.165, 1.54) is 0 Å². The van der Waals surface area contributed by atoms with Crippen LogP contribution in [0, 0.1) is 0 Å². The van der Waals surface area contributed by atoms with Gasteiger partial charge in [-0.1, -0.05) is 20.8 Å². The molecule has 0 aliphatic rings. The van der Waals surface area contributed by atoms with Gasteiger partial charge in [0.2, 0.25) is 0 Å². The summed E-state index contributed by atoms with van der Waals surface area (Å²) < 4.78 is 6.25. The quantitative estimate of drug-likeness (QED) is 0.437. The number of rotatable bonds is 7. The van der Waals surface area contributed by atoms with Gasteiger partial charge in [-0.15, -0.1) is 0 Å². The van der Waals surface area contributed by atoms with Gasteiger partial charge in [0, 0.05) is 12.4 Å². The number of hydrogen-bond donors (Lipinski definition) is 2. The minimum atomic E-state index is -1.78. The zero-order chi connectivity index (χ0) is 19.2. The van der Waals surface area contributed by atoms with Gasteiger partial charge in [-0.2, -0.15) is 5.10 Å². The van der Waals surface area contributed by atoms with Crippen LogP contribution in [0.2, 0.25) is 18.1 Å². The molecule has 0 saturated heterocycles. The molecule has 0 atom stereocenters. The Bertz CT molecular complexity index is 757. The SMILES string of the molecule is CC(C)(C)[Si](C)(C)OCc1ccnc(/C=N/Nc2cc(CO)ccn2)c1. The van der Waals surface area contributed by atoms with Crippen molar-refractivity contribution in [2.24, 2.45) is 5.10 Å². The standard InChI is InChI=1S/C19H28N4O2Si/c1-19(2,3)26(4,5)25-14-16-7-8-20-17(10-16)12-22-23-18-11-15(13-24)6-9-21-18/h6-12,24H,13-14H2,1-5H3,(H,21,23)/b22-12+. The lowest BCUT2D eigenvalue weighted by molar-refractivity contribution is 0.276. The van der Waals surface area contributed by atoms with Crippen LogP contribution in [0.1, 0.15) is 37.6 Å². The number of hydrogen-bond acceptors (Lipinski definition) is 6. The monoisotopic (exact) mass is 372 g/mol. The van der Waals surface area contributed by atoms with Gasteiger partial charge >= 0.3 is 0 Å². The van der Waals surface area contributed by atoms with Crippen molar-refractivity contribution in [3.05, 3.63) is 53.5 Å². The Morgan fingerprint density at radius 2 is 1.85 bits per heavy atom. The van der Waals surface area contributed by atoms with E-state index in [4.69, 9.17) is 9.53 Å². The Morgan fingerprint density at radius 1 is 1.15 bits per heavy atom. The van der Waals surface area contributed by atoms with E-state index in [1.807, 2.05) is 12.1 Å². The molecule has 2 aromatic heterocycles. The van der Waals surface area contributed by atoms with Crippen molar-refractivity contribution in [2.75, 3.05) is 5.43 Å². The third-order valence-electron chi connectivity index (χ3n) is 4.63. The van der Waals surface area contributed by atoms with E-state index in [9.17, 15) is 0 Å². The maximum absolute atomic E-state index is 9.14. The molecule has 0 aromatic carbocycles. The second-order valence-corrected chi connectivity index (χ2v) is 12.5. The van der Waals surface area contributed by atoms with Crippen LogP contribution < -0.4 is 5.43 Å². The largest absolute Gasteiger partial charge is 0.413 e. The average Bonchev–Trinajstić information content (AvgIpc) is 2.60. The van der Waals surface area contributed by atoms with Crippen molar-refractivity contribution in [3.63, 3.8) is 0 Å². The Labute approximate surface area is 156 Å². The molecule has 2 N–H and O–H groups in total. The van der Waals surface area contributed by atoms with Crippen molar-refractivity contribution in [1.82, 2.24) is 9.97 Å². The van der Waals surface area contributed by atoms with Crippen LogP contribution >= 0.6 is 0 Å². The lowest BCUT2D eigenvalue weighted by atomic mass is 10.2. The molecule has 2 rings (SSSR count). The molecule has 0 radical (unpaired) electrons. The summed E-state index contributed by atoms with van der Waals surface area (Å²) in [6.07, 6.45) is 5.03. The molecule has 0 aliphatic carbocycles. The van der Waals surface area contributed by atoms with Crippen molar-refractivity contribution < 1.29 is 9.53 Å². The van der Waals surface area contributed by atoms with Crippen molar-refractivity contribution >= 4 is 20.3 Å². The van der Waals surface area contributed by atoms with E-state index in [1.54, 1.807) is 30.7 Å². The molecule has 0 aliphatic heterocycles. The van der Waals surface area contributed by atoms with Crippen LogP contribution in [0.25, 0.3) is 0 Å². The average molecular weight is 373 g/mol. The second-order valence-electron chi connectivity index (χ2n) is 7.72. The minimum Gasteiger partial charge on any atom is -0.413 e. The topological polar surface area (TPSA) is 79.6 Å². The Kier molecular flexibility index (Phi) is 6.63. The molecule has 0 bridgehead atoms. The molecule has 140 valence electrons. The highest BCUT2D eigenvalue weighted by atomic mass is 28.4. The molecule has 0 unspecified atom stereocenters. The van der Waals surface area contributed by atoms with Gasteiger partial charge < -0.3 is 9.53 Å². The van der Waals surface area contributed by atoms with Crippen LogP contribution in [0.4, 0.5) is 5.82 Å². The lowest BCUT2D eigenvalue weighted by Crippen LogP contribution is -2.40. The zero-order valence-corrected chi connectivity index (χ0v) is 17.2. The number of nitrogens with zero attached hydrogens (tertiary/aromatic N) is 3. The lowest BCUT2D eigenvalue weighted by Gasteiger charge is -2.36. The Morgan fingerprint density at radius 3 is 2.54 bits per heavy atom. The Hall–Kier alpha value is -2.09. The first-order valence-corrected chi connectivity index (χ1v) is 11.6. The van der Waals surface area contributed by atoms with E-state index >= 15 is 0 Å². The summed E-state index contributed by atoms with van der Waals surface area (Å²) in [4.78, 5) is 8.45. The summed E-state index contributed by atoms with van der Waals surface area (Å²) in [5.41, 5.74) is 5.44. The van der Waals surface area contributed by atoms with Gasteiger partial charge in [0.1, 0.15) is 5.82 Å². The molecule has 7 heteroatoms. The minimum absolute atomic E-state index is 0.0290. The number of pyridine rings is 2. The van der Waals surface area contributed by atoms with Gasteiger partial charge in [-0.3, -0.25) is 10.4 Å². The first kappa shape index (κ1) is 20.2. The molecule has 2 aromatic rings. The highest BCUT2D eigenvalue weighted by molar-refractivity contribution is 6.74. The first-order chi connectivity index (χ1) is 12.2. The molecular weight excluding hydrogens is 344 g/mol. The molecule has 0 saturated carbocycles. The molecule has 0 amide bonds. The normalized spacial score (nSPS) is 12.5. The maximum atomic E-state index is 9.14. The zero-order valence-electron chi connectivity index (χ0n) is 16.2. The van der Waals surface area contributed by atoms with Gasteiger partial charge in [0.05, 0.1) is 25.1 Å². The van der Waals surface area contributed by atoms with E-state index in [-0.39, 0.29) is 11.6 Å². The molecule has 2 heterocycles. The predicted molar refractivity (Wildman–Crippen MR) is 108 cm³/mol. The summed E-state index contributed by atoms with van der Waals surface area (Å²) in [5.74, 6) is 0.574. The summed E-state index contributed by atoms with van der Waals surface area (Å²) in [7, 11) is -1.78. The van der Waals surface area contributed by atoms with Crippen LogP contribution in [0.5, 0.6) is 0 Å². The van der Waals surface area contributed by atoms with Gasteiger partial charge in [-0.25, -0.2) is 4.98 Å². The summed E-state index contributed by atoms with van der Waals surface area (Å²) in [5, 5.41) is 13.5. The smallest absolute Gasteiger partial charge is 0.192 e. The Balaban J connectivity index is 1.98. The third kappa shape index (κ3) is 5.72. The molecule has 0 fully saturated rings.